The standard InChI is InChI=1S/C13H14N2O3S2/c1-8(20-13-14-4-5-19-13)12(16)15-9-2-3-10-11(6-9)18-7-17-10/h2-3,6,8H,4-5,7H2,1H3,(H,15,16). The van der Waals surface area contributed by atoms with Gasteiger partial charge in [0, 0.05) is 17.5 Å². The molecule has 0 spiro atoms. The highest BCUT2D eigenvalue weighted by Gasteiger charge is 2.20. The van der Waals surface area contributed by atoms with Gasteiger partial charge in [-0.1, -0.05) is 23.5 Å². The summed E-state index contributed by atoms with van der Waals surface area (Å²) in [5.41, 5.74) is 0.715. The van der Waals surface area contributed by atoms with E-state index in [2.05, 4.69) is 10.3 Å². The highest BCUT2D eigenvalue weighted by atomic mass is 32.2. The van der Waals surface area contributed by atoms with Gasteiger partial charge in [-0.25, -0.2) is 0 Å². The summed E-state index contributed by atoms with van der Waals surface area (Å²) in [7, 11) is 0. The van der Waals surface area contributed by atoms with E-state index in [1.54, 1.807) is 23.9 Å². The molecular formula is C13H14N2O3S2. The number of hydrogen-bond acceptors (Lipinski definition) is 6. The summed E-state index contributed by atoms with van der Waals surface area (Å²) in [6, 6.07) is 5.39. The van der Waals surface area contributed by atoms with Gasteiger partial charge < -0.3 is 14.8 Å². The Balaban J connectivity index is 1.60. The SMILES string of the molecule is CC(SC1=NCCS1)C(=O)Nc1ccc2c(c1)OCO2. The molecule has 106 valence electrons. The van der Waals surface area contributed by atoms with Crippen molar-refractivity contribution < 1.29 is 14.3 Å². The largest absolute Gasteiger partial charge is 0.454 e. The predicted molar refractivity (Wildman–Crippen MR) is 83.0 cm³/mol. The van der Waals surface area contributed by atoms with Crippen LogP contribution in [-0.4, -0.2) is 34.6 Å². The molecule has 0 aliphatic carbocycles. The molecule has 3 rings (SSSR count). The Kier molecular flexibility index (Phi) is 4.07. The number of nitrogens with zero attached hydrogens (tertiary/aromatic N) is 1. The topological polar surface area (TPSA) is 59.9 Å². The van der Waals surface area contributed by atoms with Crippen molar-refractivity contribution in [1.29, 1.82) is 0 Å². The van der Waals surface area contributed by atoms with Crippen molar-refractivity contribution in [2.45, 2.75) is 12.2 Å². The molecule has 1 N–H and O–H groups in total. The Hall–Kier alpha value is -1.34. The summed E-state index contributed by atoms with van der Waals surface area (Å²) in [6.07, 6.45) is 0. The first-order valence-corrected chi connectivity index (χ1v) is 8.13. The Morgan fingerprint density at radius 1 is 1.45 bits per heavy atom. The Labute approximate surface area is 125 Å². The summed E-state index contributed by atoms with van der Waals surface area (Å²) in [6.45, 7) is 2.97. The molecule has 2 aliphatic rings. The number of amides is 1. The number of anilines is 1. The number of benzene rings is 1. The minimum atomic E-state index is -0.176. The van der Waals surface area contributed by atoms with Crippen LogP contribution in [0.5, 0.6) is 11.5 Å². The van der Waals surface area contributed by atoms with Gasteiger partial charge in [0.2, 0.25) is 12.7 Å². The van der Waals surface area contributed by atoms with Crippen LogP contribution in [0.2, 0.25) is 0 Å². The van der Waals surface area contributed by atoms with Crippen LogP contribution >= 0.6 is 23.5 Å². The fourth-order valence-electron chi connectivity index (χ4n) is 1.81. The van der Waals surface area contributed by atoms with E-state index >= 15 is 0 Å². The fraction of sp³-hybridized carbons (Fsp3) is 0.385. The normalized spacial score (nSPS) is 17.8. The van der Waals surface area contributed by atoms with Crippen LogP contribution in [0.1, 0.15) is 6.92 Å². The molecule has 0 fully saturated rings. The molecule has 20 heavy (non-hydrogen) atoms. The molecule has 1 amide bonds. The van der Waals surface area contributed by atoms with E-state index in [0.29, 0.717) is 17.2 Å². The predicted octanol–water partition coefficient (Wildman–Crippen LogP) is 2.58. The Morgan fingerprint density at radius 3 is 3.10 bits per heavy atom. The molecule has 1 unspecified atom stereocenters. The minimum absolute atomic E-state index is 0.0379. The van der Waals surface area contributed by atoms with E-state index in [-0.39, 0.29) is 18.0 Å². The van der Waals surface area contributed by atoms with Gasteiger partial charge in [-0.05, 0) is 19.1 Å². The van der Waals surface area contributed by atoms with Crippen LogP contribution in [0.25, 0.3) is 0 Å². The number of rotatable bonds is 3. The number of thioether (sulfide) groups is 2. The van der Waals surface area contributed by atoms with Crippen molar-refractivity contribution in [3.63, 3.8) is 0 Å². The zero-order valence-corrected chi connectivity index (χ0v) is 12.6. The second-order valence-corrected chi connectivity index (χ2v) is 6.99. The van der Waals surface area contributed by atoms with E-state index in [4.69, 9.17) is 9.47 Å². The third kappa shape index (κ3) is 3.04. The van der Waals surface area contributed by atoms with E-state index < -0.39 is 0 Å². The highest BCUT2D eigenvalue weighted by Crippen LogP contribution is 2.34. The number of fused-ring (bicyclic) bond motifs is 1. The van der Waals surface area contributed by atoms with Gasteiger partial charge in [0.25, 0.3) is 0 Å². The van der Waals surface area contributed by atoms with E-state index in [1.165, 1.54) is 11.8 Å². The van der Waals surface area contributed by atoms with Gasteiger partial charge in [0.05, 0.1) is 11.8 Å². The number of carbonyl (C=O) groups is 1. The van der Waals surface area contributed by atoms with Gasteiger partial charge >= 0.3 is 0 Å². The first kappa shape index (κ1) is 13.6. The number of carbonyl (C=O) groups excluding carboxylic acids is 1. The minimum Gasteiger partial charge on any atom is -0.454 e. The fourth-order valence-corrected chi connectivity index (χ4v) is 3.94. The number of aliphatic imine (C=N–C) groups is 1. The lowest BCUT2D eigenvalue weighted by atomic mass is 10.2. The van der Waals surface area contributed by atoms with Crippen molar-refractivity contribution in [3.8, 4) is 11.5 Å². The third-order valence-electron chi connectivity index (χ3n) is 2.84. The molecule has 2 aliphatic heterocycles. The molecule has 0 aromatic heterocycles. The van der Waals surface area contributed by atoms with Gasteiger partial charge in [-0.15, -0.1) is 0 Å². The molecule has 1 atom stereocenters. The lowest BCUT2D eigenvalue weighted by molar-refractivity contribution is -0.115. The van der Waals surface area contributed by atoms with Crippen molar-refractivity contribution >= 4 is 39.5 Å². The molecule has 0 saturated heterocycles. The molecular weight excluding hydrogens is 296 g/mol. The van der Waals surface area contributed by atoms with Crippen molar-refractivity contribution in [3.05, 3.63) is 18.2 Å². The van der Waals surface area contributed by atoms with Crippen molar-refractivity contribution in [2.75, 3.05) is 24.4 Å². The smallest absolute Gasteiger partial charge is 0.237 e. The maximum atomic E-state index is 12.1. The molecule has 5 nitrogen and oxygen atoms in total. The van der Waals surface area contributed by atoms with E-state index in [9.17, 15) is 4.79 Å². The maximum Gasteiger partial charge on any atom is 0.237 e. The maximum absolute atomic E-state index is 12.1. The van der Waals surface area contributed by atoms with Crippen LogP contribution in [0, 0.1) is 0 Å². The quantitative estimate of drug-likeness (QED) is 0.930. The zero-order chi connectivity index (χ0) is 13.9. The molecule has 0 bridgehead atoms. The van der Waals surface area contributed by atoms with Gasteiger partial charge in [0.15, 0.2) is 11.5 Å². The average molecular weight is 310 g/mol. The monoisotopic (exact) mass is 310 g/mol. The lowest BCUT2D eigenvalue weighted by Gasteiger charge is -2.11. The number of nitrogens with one attached hydrogen (secondary N) is 1. The Morgan fingerprint density at radius 2 is 2.30 bits per heavy atom. The van der Waals surface area contributed by atoms with E-state index in [0.717, 1.165) is 16.7 Å². The molecule has 1 aromatic rings. The zero-order valence-electron chi connectivity index (χ0n) is 10.9. The molecule has 0 saturated carbocycles. The lowest BCUT2D eigenvalue weighted by Crippen LogP contribution is -2.23. The average Bonchev–Trinajstić information content (AvgIpc) is 3.08. The summed E-state index contributed by atoms with van der Waals surface area (Å²) < 4.78 is 11.5. The highest BCUT2D eigenvalue weighted by molar-refractivity contribution is 8.39. The van der Waals surface area contributed by atoms with E-state index in [1.807, 2.05) is 13.0 Å². The second-order valence-electron chi connectivity index (χ2n) is 4.31. The van der Waals surface area contributed by atoms with Gasteiger partial charge in [-0.2, -0.15) is 0 Å². The summed E-state index contributed by atoms with van der Waals surface area (Å²) in [4.78, 5) is 16.5. The van der Waals surface area contributed by atoms with Crippen LogP contribution in [0.3, 0.4) is 0 Å². The summed E-state index contributed by atoms with van der Waals surface area (Å²) in [5.74, 6) is 2.35. The van der Waals surface area contributed by atoms with Crippen LogP contribution in [0.15, 0.2) is 23.2 Å². The second kappa shape index (κ2) is 5.97. The summed E-state index contributed by atoms with van der Waals surface area (Å²) >= 11 is 3.21. The Bertz CT molecular complexity index is 563. The van der Waals surface area contributed by atoms with Gasteiger partial charge in [-0.3, -0.25) is 9.79 Å². The van der Waals surface area contributed by atoms with Crippen LogP contribution < -0.4 is 14.8 Å². The molecule has 2 heterocycles. The van der Waals surface area contributed by atoms with Crippen LogP contribution in [-0.2, 0) is 4.79 Å². The van der Waals surface area contributed by atoms with Crippen LogP contribution in [0.4, 0.5) is 5.69 Å². The molecule has 7 heteroatoms. The summed E-state index contributed by atoms with van der Waals surface area (Å²) in [5, 5.41) is 2.71. The third-order valence-corrected chi connectivity index (χ3v) is 5.15. The molecule has 0 radical (unpaired) electrons. The molecule has 1 aromatic carbocycles. The van der Waals surface area contributed by atoms with Gasteiger partial charge in [0.1, 0.15) is 4.38 Å². The van der Waals surface area contributed by atoms with Crippen molar-refractivity contribution in [1.82, 2.24) is 0 Å². The number of ether oxygens (including phenoxy) is 2. The van der Waals surface area contributed by atoms with Crippen molar-refractivity contribution in [2.24, 2.45) is 4.99 Å². The first-order chi connectivity index (χ1) is 9.72. The number of hydrogen-bond donors (Lipinski definition) is 1. The first-order valence-electron chi connectivity index (χ1n) is 6.27.